The molecule has 1 N–H and O–H groups in total. The molecule has 1 unspecified atom stereocenters. The maximum Gasteiger partial charge on any atom is 0.278 e. The third kappa shape index (κ3) is 3.01. The van der Waals surface area contributed by atoms with Gasteiger partial charge in [-0.05, 0) is 18.1 Å². The first-order chi connectivity index (χ1) is 8.49. The van der Waals surface area contributed by atoms with E-state index in [0.717, 1.165) is 17.7 Å². The van der Waals surface area contributed by atoms with Gasteiger partial charge in [-0.15, -0.1) is 0 Å². The molecule has 2 rings (SSSR count). The molecule has 18 heavy (non-hydrogen) atoms. The Morgan fingerprint density at radius 1 is 1.39 bits per heavy atom. The lowest BCUT2D eigenvalue weighted by Crippen LogP contribution is -2.40. The van der Waals surface area contributed by atoms with Crippen molar-refractivity contribution in [2.24, 2.45) is 5.92 Å². The normalized spacial score (nSPS) is 19.4. The Hall–Kier alpha value is -1.11. The van der Waals surface area contributed by atoms with Crippen LogP contribution in [0.25, 0.3) is 0 Å². The SMILES string of the molecule is CN(C)S(=O)(=O)NCC1COc2ccccc2C1. The minimum atomic E-state index is -3.35. The van der Waals surface area contributed by atoms with Gasteiger partial charge < -0.3 is 4.74 Å². The van der Waals surface area contributed by atoms with Gasteiger partial charge in [-0.2, -0.15) is 12.7 Å². The zero-order valence-electron chi connectivity index (χ0n) is 10.6. The standard InChI is InChI=1S/C12H18N2O3S/c1-14(2)18(15,16)13-8-10-7-11-5-3-4-6-12(11)17-9-10/h3-6,10,13H,7-9H2,1-2H3. The summed E-state index contributed by atoms with van der Waals surface area (Å²) in [6.07, 6.45) is 0.839. The lowest BCUT2D eigenvalue weighted by Gasteiger charge is -2.25. The maximum absolute atomic E-state index is 11.6. The molecular weight excluding hydrogens is 252 g/mol. The van der Waals surface area contributed by atoms with Crippen molar-refractivity contribution < 1.29 is 13.2 Å². The summed E-state index contributed by atoms with van der Waals surface area (Å²) < 4.78 is 32.5. The number of hydrogen-bond acceptors (Lipinski definition) is 3. The van der Waals surface area contributed by atoms with E-state index in [0.29, 0.717) is 13.2 Å². The van der Waals surface area contributed by atoms with E-state index in [1.54, 1.807) is 0 Å². The summed E-state index contributed by atoms with van der Waals surface area (Å²) in [6.45, 7) is 0.946. The molecule has 0 radical (unpaired) electrons. The van der Waals surface area contributed by atoms with Crippen molar-refractivity contribution in [1.82, 2.24) is 9.03 Å². The molecular formula is C12H18N2O3S. The van der Waals surface area contributed by atoms with Gasteiger partial charge in [-0.1, -0.05) is 18.2 Å². The minimum Gasteiger partial charge on any atom is -0.493 e. The topological polar surface area (TPSA) is 58.6 Å². The van der Waals surface area contributed by atoms with Crippen LogP contribution in [0, 0.1) is 5.92 Å². The van der Waals surface area contributed by atoms with Crippen molar-refractivity contribution in [2.75, 3.05) is 27.2 Å². The van der Waals surface area contributed by atoms with E-state index in [2.05, 4.69) is 4.72 Å². The van der Waals surface area contributed by atoms with E-state index in [1.165, 1.54) is 18.4 Å². The third-order valence-corrected chi connectivity index (χ3v) is 4.48. The Morgan fingerprint density at radius 2 is 2.11 bits per heavy atom. The van der Waals surface area contributed by atoms with Gasteiger partial charge in [0.15, 0.2) is 0 Å². The maximum atomic E-state index is 11.6. The molecule has 0 bridgehead atoms. The van der Waals surface area contributed by atoms with Crippen LogP contribution < -0.4 is 9.46 Å². The molecule has 0 amide bonds. The predicted molar refractivity (Wildman–Crippen MR) is 69.7 cm³/mol. The highest BCUT2D eigenvalue weighted by molar-refractivity contribution is 7.87. The third-order valence-electron chi connectivity index (χ3n) is 2.99. The Bertz CT molecular complexity index is 514. The van der Waals surface area contributed by atoms with Gasteiger partial charge >= 0.3 is 0 Å². The molecule has 1 aliphatic heterocycles. The van der Waals surface area contributed by atoms with Crippen LogP contribution in [0.1, 0.15) is 5.56 Å². The minimum absolute atomic E-state index is 0.176. The Balaban J connectivity index is 1.95. The highest BCUT2D eigenvalue weighted by Gasteiger charge is 2.22. The monoisotopic (exact) mass is 270 g/mol. The summed E-state index contributed by atoms with van der Waals surface area (Å²) >= 11 is 0. The molecule has 0 fully saturated rings. The number of hydrogen-bond donors (Lipinski definition) is 1. The van der Waals surface area contributed by atoms with Gasteiger partial charge in [-0.25, -0.2) is 4.72 Å². The van der Waals surface area contributed by atoms with E-state index in [1.807, 2.05) is 24.3 Å². The van der Waals surface area contributed by atoms with Crippen LogP contribution in [0.15, 0.2) is 24.3 Å². The first kappa shape index (κ1) is 13.3. The van der Waals surface area contributed by atoms with Crippen molar-refractivity contribution in [3.63, 3.8) is 0 Å². The zero-order valence-corrected chi connectivity index (χ0v) is 11.4. The zero-order chi connectivity index (χ0) is 13.2. The van der Waals surface area contributed by atoms with Crippen molar-refractivity contribution >= 4 is 10.2 Å². The molecule has 0 spiro atoms. The van der Waals surface area contributed by atoms with Crippen molar-refractivity contribution in [3.05, 3.63) is 29.8 Å². The first-order valence-electron chi connectivity index (χ1n) is 5.87. The molecule has 5 nitrogen and oxygen atoms in total. The number of para-hydroxylation sites is 1. The predicted octanol–water partition coefficient (Wildman–Crippen LogP) is 0.634. The van der Waals surface area contributed by atoms with E-state index >= 15 is 0 Å². The second kappa shape index (κ2) is 5.26. The molecule has 1 atom stereocenters. The van der Waals surface area contributed by atoms with E-state index < -0.39 is 10.2 Å². The van der Waals surface area contributed by atoms with Crippen LogP contribution in [0.3, 0.4) is 0 Å². The number of benzene rings is 1. The smallest absolute Gasteiger partial charge is 0.278 e. The number of nitrogens with one attached hydrogen (secondary N) is 1. The quantitative estimate of drug-likeness (QED) is 0.873. The average Bonchev–Trinajstić information content (AvgIpc) is 2.36. The van der Waals surface area contributed by atoms with Crippen LogP contribution in [-0.2, 0) is 16.6 Å². The molecule has 1 aliphatic rings. The van der Waals surface area contributed by atoms with Crippen molar-refractivity contribution in [3.8, 4) is 5.75 Å². The fourth-order valence-corrected chi connectivity index (χ4v) is 2.58. The highest BCUT2D eigenvalue weighted by atomic mass is 32.2. The largest absolute Gasteiger partial charge is 0.493 e. The number of ether oxygens (including phenoxy) is 1. The molecule has 1 aromatic rings. The Morgan fingerprint density at radius 3 is 2.83 bits per heavy atom. The molecule has 1 aromatic carbocycles. The van der Waals surface area contributed by atoms with Gasteiger partial charge in [0.25, 0.3) is 10.2 Å². The van der Waals surface area contributed by atoms with Gasteiger partial charge in [0.2, 0.25) is 0 Å². The lowest BCUT2D eigenvalue weighted by molar-refractivity contribution is 0.223. The Kier molecular flexibility index (Phi) is 3.89. The van der Waals surface area contributed by atoms with Crippen molar-refractivity contribution in [2.45, 2.75) is 6.42 Å². The summed E-state index contributed by atoms with van der Waals surface area (Å²) in [4.78, 5) is 0. The molecule has 0 aromatic heterocycles. The van der Waals surface area contributed by atoms with Crippen LogP contribution in [0.4, 0.5) is 0 Å². The lowest BCUT2D eigenvalue weighted by atomic mass is 9.97. The summed E-state index contributed by atoms with van der Waals surface area (Å²) in [7, 11) is -0.329. The Labute approximate surface area is 108 Å². The van der Waals surface area contributed by atoms with Crippen LogP contribution in [0.5, 0.6) is 5.75 Å². The van der Waals surface area contributed by atoms with Gasteiger partial charge in [-0.3, -0.25) is 0 Å². The van der Waals surface area contributed by atoms with Crippen LogP contribution >= 0.6 is 0 Å². The average molecular weight is 270 g/mol. The fourth-order valence-electron chi connectivity index (χ4n) is 1.87. The molecule has 0 saturated carbocycles. The molecule has 0 aliphatic carbocycles. The van der Waals surface area contributed by atoms with E-state index in [-0.39, 0.29) is 5.92 Å². The first-order valence-corrected chi connectivity index (χ1v) is 7.31. The highest BCUT2D eigenvalue weighted by Crippen LogP contribution is 2.26. The number of rotatable bonds is 4. The number of nitrogens with zero attached hydrogens (tertiary/aromatic N) is 1. The van der Waals surface area contributed by atoms with E-state index in [9.17, 15) is 8.42 Å². The molecule has 0 saturated heterocycles. The summed E-state index contributed by atoms with van der Waals surface area (Å²) in [6, 6.07) is 7.86. The van der Waals surface area contributed by atoms with Crippen molar-refractivity contribution in [1.29, 1.82) is 0 Å². The second-order valence-corrected chi connectivity index (χ2v) is 6.59. The summed E-state index contributed by atoms with van der Waals surface area (Å²) in [5, 5.41) is 0. The summed E-state index contributed by atoms with van der Waals surface area (Å²) in [5.41, 5.74) is 1.14. The van der Waals surface area contributed by atoms with Crippen LogP contribution in [0.2, 0.25) is 0 Å². The molecule has 6 heteroatoms. The number of fused-ring (bicyclic) bond motifs is 1. The summed E-state index contributed by atoms with van der Waals surface area (Å²) in [5.74, 6) is 1.08. The van der Waals surface area contributed by atoms with E-state index in [4.69, 9.17) is 4.74 Å². The van der Waals surface area contributed by atoms with Gasteiger partial charge in [0.05, 0.1) is 6.61 Å². The molecule has 1 heterocycles. The fraction of sp³-hybridized carbons (Fsp3) is 0.500. The molecule has 100 valence electrons. The second-order valence-electron chi connectivity index (χ2n) is 4.62. The van der Waals surface area contributed by atoms with Crippen LogP contribution in [-0.4, -0.2) is 40.0 Å². The van der Waals surface area contributed by atoms with Gasteiger partial charge in [0.1, 0.15) is 5.75 Å². The van der Waals surface area contributed by atoms with Gasteiger partial charge in [0, 0.05) is 26.6 Å².